The molecular formula is C16H13ClF3N. The van der Waals surface area contributed by atoms with E-state index in [0.29, 0.717) is 0 Å². The summed E-state index contributed by atoms with van der Waals surface area (Å²) in [6.07, 6.45) is -5.24. The van der Waals surface area contributed by atoms with Gasteiger partial charge >= 0.3 is 6.18 Å². The van der Waals surface area contributed by atoms with Gasteiger partial charge in [0.25, 0.3) is 0 Å². The molecule has 1 aromatic heterocycles. The van der Waals surface area contributed by atoms with Gasteiger partial charge in [-0.15, -0.1) is 11.6 Å². The van der Waals surface area contributed by atoms with Crippen LogP contribution in [0.1, 0.15) is 6.42 Å². The summed E-state index contributed by atoms with van der Waals surface area (Å²) in [7, 11) is 0. The van der Waals surface area contributed by atoms with E-state index < -0.39 is 18.0 Å². The van der Waals surface area contributed by atoms with Gasteiger partial charge in [-0.25, -0.2) is 0 Å². The van der Waals surface area contributed by atoms with Gasteiger partial charge in [0.1, 0.15) is 0 Å². The van der Waals surface area contributed by atoms with E-state index in [1.54, 1.807) is 0 Å². The number of fused-ring (bicyclic) bond motifs is 3. The topological polar surface area (TPSA) is 4.93 Å². The van der Waals surface area contributed by atoms with E-state index in [4.69, 9.17) is 11.6 Å². The Kier molecular flexibility index (Phi) is 3.57. The van der Waals surface area contributed by atoms with Crippen molar-refractivity contribution < 1.29 is 13.2 Å². The predicted octanol–water partition coefficient (Wildman–Crippen LogP) is 5.35. The van der Waals surface area contributed by atoms with Crippen LogP contribution in [-0.4, -0.2) is 16.1 Å². The zero-order valence-corrected chi connectivity index (χ0v) is 11.8. The largest absolute Gasteiger partial charge is 0.390 e. The van der Waals surface area contributed by atoms with E-state index >= 15 is 0 Å². The van der Waals surface area contributed by atoms with E-state index in [1.165, 1.54) is 0 Å². The summed E-state index contributed by atoms with van der Waals surface area (Å²) in [6, 6.07) is 15.4. The van der Waals surface area contributed by atoms with Crippen LogP contribution in [0.5, 0.6) is 0 Å². The number of nitrogens with zero attached hydrogens (tertiary/aromatic N) is 1. The first-order valence-electron chi connectivity index (χ1n) is 6.62. The molecule has 0 saturated carbocycles. The molecule has 0 radical (unpaired) electrons. The Morgan fingerprint density at radius 2 is 1.38 bits per heavy atom. The van der Waals surface area contributed by atoms with Crippen molar-refractivity contribution in [2.75, 3.05) is 0 Å². The first kappa shape index (κ1) is 14.3. The number of alkyl halides is 4. The zero-order valence-electron chi connectivity index (χ0n) is 11.1. The van der Waals surface area contributed by atoms with Crippen LogP contribution in [0.3, 0.4) is 0 Å². The Hall–Kier alpha value is -1.68. The molecule has 21 heavy (non-hydrogen) atoms. The van der Waals surface area contributed by atoms with Crippen molar-refractivity contribution in [1.82, 2.24) is 4.57 Å². The molecule has 2 aromatic carbocycles. The van der Waals surface area contributed by atoms with E-state index in [1.807, 2.05) is 53.1 Å². The summed E-state index contributed by atoms with van der Waals surface area (Å²) in [5, 5.41) is 1.08. The molecule has 0 spiro atoms. The quantitative estimate of drug-likeness (QED) is 0.574. The first-order chi connectivity index (χ1) is 9.96. The average Bonchev–Trinajstić information content (AvgIpc) is 2.72. The van der Waals surface area contributed by atoms with Crippen molar-refractivity contribution in [2.24, 2.45) is 0 Å². The van der Waals surface area contributed by atoms with E-state index in [-0.39, 0.29) is 6.54 Å². The van der Waals surface area contributed by atoms with Crippen molar-refractivity contribution in [3.63, 3.8) is 0 Å². The maximum absolute atomic E-state index is 12.5. The molecule has 3 aromatic rings. The van der Waals surface area contributed by atoms with Gasteiger partial charge in [-0.05, 0) is 12.1 Å². The molecule has 0 aliphatic rings. The van der Waals surface area contributed by atoms with Gasteiger partial charge in [0, 0.05) is 28.4 Å². The monoisotopic (exact) mass is 311 g/mol. The maximum Gasteiger partial charge on any atom is 0.390 e. The van der Waals surface area contributed by atoms with Gasteiger partial charge in [0.15, 0.2) is 0 Å². The van der Waals surface area contributed by atoms with Crippen LogP contribution in [0.2, 0.25) is 0 Å². The molecule has 1 atom stereocenters. The third-order valence-corrected chi connectivity index (χ3v) is 3.81. The predicted molar refractivity (Wildman–Crippen MR) is 79.8 cm³/mol. The fraction of sp³-hybridized carbons (Fsp3) is 0.250. The second kappa shape index (κ2) is 5.26. The minimum Gasteiger partial charge on any atom is -0.339 e. The third kappa shape index (κ3) is 2.86. The zero-order chi connectivity index (χ0) is 15.0. The number of hydrogen-bond acceptors (Lipinski definition) is 0. The molecule has 0 aliphatic heterocycles. The number of halogens is 4. The molecule has 5 heteroatoms. The maximum atomic E-state index is 12.5. The summed E-state index contributed by atoms with van der Waals surface area (Å²) in [4.78, 5) is 0. The molecule has 0 amide bonds. The Morgan fingerprint density at radius 1 is 0.905 bits per heavy atom. The van der Waals surface area contributed by atoms with Crippen molar-refractivity contribution >= 4 is 33.4 Å². The van der Waals surface area contributed by atoms with Gasteiger partial charge in [-0.1, -0.05) is 36.4 Å². The second-order valence-corrected chi connectivity index (χ2v) is 5.68. The van der Waals surface area contributed by atoms with Crippen molar-refractivity contribution in [2.45, 2.75) is 24.5 Å². The van der Waals surface area contributed by atoms with Gasteiger partial charge in [0.2, 0.25) is 0 Å². The lowest BCUT2D eigenvalue weighted by molar-refractivity contribution is -0.135. The van der Waals surface area contributed by atoms with Crippen LogP contribution in [0.25, 0.3) is 21.8 Å². The minimum atomic E-state index is -4.24. The van der Waals surface area contributed by atoms with Gasteiger partial charge < -0.3 is 4.57 Å². The lowest BCUT2D eigenvalue weighted by Gasteiger charge is -2.14. The summed E-state index contributed by atoms with van der Waals surface area (Å²) in [5.41, 5.74) is 1.82. The van der Waals surface area contributed by atoms with Crippen LogP contribution in [-0.2, 0) is 6.54 Å². The molecule has 1 unspecified atom stereocenters. The number of hydrogen-bond donors (Lipinski definition) is 0. The van der Waals surface area contributed by atoms with Crippen LogP contribution in [0.15, 0.2) is 48.5 Å². The van der Waals surface area contributed by atoms with Crippen LogP contribution in [0.4, 0.5) is 13.2 Å². The summed E-state index contributed by atoms with van der Waals surface area (Å²) in [5.74, 6) is 0. The number of benzene rings is 2. The molecule has 110 valence electrons. The number of aromatic nitrogens is 1. The van der Waals surface area contributed by atoms with Crippen molar-refractivity contribution in [1.29, 1.82) is 0 Å². The Morgan fingerprint density at radius 3 is 1.86 bits per heavy atom. The molecule has 0 aliphatic carbocycles. The fourth-order valence-corrected chi connectivity index (χ4v) is 3.03. The molecule has 3 rings (SSSR count). The highest BCUT2D eigenvalue weighted by Crippen LogP contribution is 2.31. The van der Waals surface area contributed by atoms with Crippen molar-refractivity contribution in [3.8, 4) is 0 Å². The lowest BCUT2D eigenvalue weighted by atomic mass is 10.2. The Balaban J connectivity index is 2.08. The van der Waals surface area contributed by atoms with Crippen LogP contribution in [0, 0.1) is 0 Å². The SMILES string of the molecule is FC(F)(F)CC(Cl)Cn1c2ccccc2c2ccccc21. The van der Waals surface area contributed by atoms with Crippen LogP contribution < -0.4 is 0 Å². The van der Waals surface area contributed by atoms with Crippen molar-refractivity contribution in [3.05, 3.63) is 48.5 Å². The highest BCUT2D eigenvalue weighted by Gasteiger charge is 2.31. The summed E-state index contributed by atoms with van der Waals surface area (Å²) >= 11 is 5.92. The second-order valence-electron chi connectivity index (χ2n) is 5.06. The molecule has 0 saturated heterocycles. The Labute approximate surface area is 124 Å². The van der Waals surface area contributed by atoms with Crippen LogP contribution >= 0.6 is 11.6 Å². The minimum absolute atomic E-state index is 0.134. The molecule has 0 N–H and O–H groups in total. The van der Waals surface area contributed by atoms with E-state index in [0.717, 1.165) is 21.8 Å². The summed E-state index contributed by atoms with van der Waals surface area (Å²) in [6.45, 7) is 0.134. The van der Waals surface area contributed by atoms with Gasteiger partial charge in [-0.2, -0.15) is 13.2 Å². The number of rotatable bonds is 3. The highest BCUT2D eigenvalue weighted by atomic mass is 35.5. The number of para-hydroxylation sites is 2. The highest BCUT2D eigenvalue weighted by molar-refractivity contribution is 6.20. The normalized spacial score (nSPS) is 13.9. The molecule has 1 nitrogen and oxygen atoms in total. The van der Waals surface area contributed by atoms with Gasteiger partial charge in [-0.3, -0.25) is 0 Å². The first-order valence-corrected chi connectivity index (χ1v) is 7.06. The van der Waals surface area contributed by atoms with E-state index in [2.05, 4.69) is 0 Å². The molecule has 0 fully saturated rings. The lowest BCUT2D eigenvalue weighted by Crippen LogP contribution is -2.19. The fourth-order valence-electron chi connectivity index (χ4n) is 2.71. The summed E-state index contributed by atoms with van der Waals surface area (Å²) < 4.78 is 39.3. The standard InChI is InChI=1S/C16H13ClF3N/c17-11(9-16(18,19)20)10-21-14-7-3-1-5-12(14)13-6-2-4-8-15(13)21/h1-8,11H,9-10H2. The third-order valence-electron chi connectivity index (χ3n) is 3.51. The van der Waals surface area contributed by atoms with E-state index in [9.17, 15) is 13.2 Å². The van der Waals surface area contributed by atoms with Gasteiger partial charge in [0.05, 0.1) is 11.8 Å². The average molecular weight is 312 g/mol. The molecule has 0 bridgehead atoms. The molecule has 1 heterocycles. The molecular weight excluding hydrogens is 299 g/mol. The Bertz CT molecular complexity index is 723. The smallest absolute Gasteiger partial charge is 0.339 e.